The molecule has 1 atom stereocenters. The van der Waals surface area contributed by atoms with E-state index in [4.69, 9.17) is 17.4 Å². The van der Waals surface area contributed by atoms with Crippen LogP contribution in [0.2, 0.25) is 5.02 Å². The first kappa shape index (κ1) is 12.0. The van der Waals surface area contributed by atoms with E-state index in [2.05, 4.69) is 35.2 Å². The number of rotatable bonds is 3. The largest absolute Gasteiger partial charge is 0.271 e. The fourth-order valence-corrected chi connectivity index (χ4v) is 1.89. The summed E-state index contributed by atoms with van der Waals surface area (Å²) in [6.07, 6.45) is 0. The van der Waals surface area contributed by atoms with Gasteiger partial charge in [-0.2, -0.15) is 0 Å². The standard InChI is InChI=1S/C10H14BrClN2/c1-6(2)10(14-13)7-3-4-9(12)8(11)5-7/h3-6,10,14H,13H2,1-2H3. The van der Waals surface area contributed by atoms with Crippen LogP contribution in [0.15, 0.2) is 22.7 Å². The van der Waals surface area contributed by atoms with Crippen molar-refractivity contribution in [2.45, 2.75) is 19.9 Å². The molecule has 0 bridgehead atoms. The summed E-state index contributed by atoms with van der Waals surface area (Å²) in [5, 5.41) is 0.716. The molecule has 0 aliphatic rings. The number of hydrogen-bond donors (Lipinski definition) is 2. The van der Waals surface area contributed by atoms with E-state index in [1.165, 1.54) is 0 Å². The van der Waals surface area contributed by atoms with Crippen LogP contribution in [-0.4, -0.2) is 0 Å². The van der Waals surface area contributed by atoms with Gasteiger partial charge >= 0.3 is 0 Å². The van der Waals surface area contributed by atoms with E-state index >= 15 is 0 Å². The molecule has 0 heterocycles. The van der Waals surface area contributed by atoms with Gasteiger partial charge in [-0.25, -0.2) is 0 Å². The SMILES string of the molecule is CC(C)C(NN)c1ccc(Cl)c(Br)c1. The number of hydrazine groups is 1. The molecule has 0 aliphatic heterocycles. The summed E-state index contributed by atoms with van der Waals surface area (Å²) in [6.45, 7) is 4.24. The summed E-state index contributed by atoms with van der Waals surface area (Å²) in [5.74, 6) is 5.93. The average molecular weight is 278 g/mol. The Hall–Kier alpha value is -0.0900. The number of halogens is 2. The van der Waals surface area contributed by atoms with E-state index in [0.29, 0.717) is 10.9 Å². The Morgan fingerprint density at radius 2 is 2.07 bits per heavy atom. The number of nitrogens with two attached hydrogens (primary N) is 1. The van der Waals surface area contributed by atoms with Gasteiger partial charge in [0.1, 0.15) is 0 Å². The molecule has 1 rings (SSSR count). The monoisotopic (exact) mass is 276 g/mol. The van der Waals surface area contributed by atoms with E-state index < -0.39 is 0 Å². The fraction of sp³-hybridized carbons (Fsp3) is 0.400. The predicted molar refractivity (Wildman–Crippen MR) is 64.1 cm³/mol. The summed E-state index contributed by atoms with van der Waals surface area (Å²) in [7, 11) is 0. The van der Waals surface area contributed by atoms with Gasteiger partial charge in [-0.15, -0.1) is 0 Å². The molecule has 1 aromatic rings. The molecule has 0 saturated carbocycles. The lowest BCUT2D eigenvalue weighted by molar-refractivity contribution is 0.421. The first-order valence-electron chi connectivity index (χ1n) is 4.47. The van der Waals surface area contributed by atoms with Crippen LogP contribution in [0.5, 0.6) is 0 Å². The van der Waals surface area contributed by atoms with Gasteiger partial charge in [0.25, 0.3) is 0 Å². The van der Waals surface area contributed by atoms with Crippen molar-refractivity contribution in [2.75, 3.05) is 0 Å². The Bertz CT molecular complexity index is 315. The lowest BCUT2D eigenvalue weighted by atomic mass is 9.97. The van der Waals surface area contributed by atoms with Crippen molar-refractivity contribution in [2.24, 2.45) is 11.8 Å². The first-order valence-corrected chi connectivity index (χ1v) is 5.64. The van der Waals surface area contributed by atoms with Crippen molar-refractivity contribution < 1.29 is 0 Å². The highest BCUT2D eigenvalue weighted by Gasteiger charge is 2.14. The molecule has 0 fully saturated rings. The van der Waals surface area contributed by atoms with Crippen LogP contribution >= 0.6 is 27.5 Å². The Morgan fingerprint density at radius 1 is 1.43 bits per heavy atom. The van der Waals surface area contributed by atoms with Gasteiger partial charge in [-0.05, 0) is 39.5 Å². The summed E-state index contributed by atoms with van der Waals surface area (Å²) in [4.78, 5) is 0. The molecular formula is C10H14BrClN2. The van der Waals surface area contributed by atoms with E-state index in [0.717, 1.165) is 10.0 Å². The van der Waals surface area contributed by atoms with Gasteiger partial charge < -0.3 is 0 Å². The summed E-state index contributed by atoms with van der Waals surface area (Å²) in [6, 6.07) is 6.00. The highest BCUT2D eigenvalue weighted by atomic mass is 79.9. The number of hydrogen-bond acceptors (Lipinski definition) is 2. The zero-order valence-corrected chi connectivity index (χ0v) is 10.6. The molecule has 0 saturated heterocycles. The zero-order valence-electron chi connectivity index (χ0n) is 8.22. The van der Waals surface area contributed by atoms with Crippen LogP contribution in [0.25, 0.3) is 0 Å². The quantitative estimate of drug-likeness (QED) is 0.657. The van der Waals surface area contributed by atoms with Crippen molar-refractivity contribution in [1.29, 1.82) is 0 Å². The van der Waals surface area contributed by atoms with Crippen LogP contribution < -0.4 is 11.3 Å². The highest BCUT2D eigenvalue weighted by Crippen LogP contribution is 2.28. The van der Waals surface area contributed by atoms with Crippen molar-refractivity contribution in [1.82, 2.24) is 5.43 Å². The van der Waals surface area contributed by atoms with Gasteiger partial charge in [-0.1, -0.05) is 31.5 Å². The normalized spacial score (nSPS) is 13.3. The third kappa shape index (κ3) is 2.70. The third-order valence-electron chi connectivity index (χ3n) is 2.15. The molecule has 0 aromatic heterocycles. The minimum Gasteiger partial charge on any atom is -0.271 e. The smallest absolute Gasteiger partial charge is 0.0548 e. The molecule has 3 N–H and O–H groups in total. The molecule has 0 aliphatic carbocycles. The maximum absolute atomic E-state index is 5.91. The van der Waals surface area contributed by atoms with E-state index in [9.17, 15) is 0 Å². The second-order valence-electron chi connectivity index (χ2n) is 3.56. The van der Waals surface area contributed by atoms with Gasteiger partial charge in [0.15, 0.2) is 0 Å². The lowest BCUT2D eigenvalue weighted by Gasteiger charge is -2.20. The van der Waals surface area contributed by atoms with Gasteiger partial charge in [0, 0.05) is 10.5 Å². The molecule has 0 radical (unpaired) electrons. The van der Waals surface area contributed by atoms with Gasteiger partial charge in [-0.3, -0.25) is 11.3 Å². The van der Waals surface area contributed by atoms with E-state index in [1.54, 1.807) is 0 Å². The van der Waals surface area contributed by atoms with Crippen molar-refractivity contribution >= 4 is 27.5 Å². The molecule has 14 heavy (non-hydrogen) atoms. The Labute approximate surface area is 97.9 Å². The van der Waals surface area contributed by atoms with Crippen molar-refractivity contribution in [3.05, 3.63) is 33.3 Å². The van der Waals surface area contributed by atoms with Gasteiger partial charge in [0.2, 0.25) is 0 Å². The minimum absolute atomic E-state index is 0.156. The van der Waals surface area contributed by atoms with Crippen LogP contribution in [0, 0.1) is 5.92 Å². The molecular weight excluding hydrogens is 263 g/mol. The van der Waals surface area contributed by atoms with E-state index in [-0.39, 0.29) is 6.04 Å². The molecule has 1 aromatic carbocycles. The summed E-state index contributed by atoms with van der Waals surface area (Å²) >= 11 is 9.30. The maximum atomic E-state index is 5.91. The zero-order chi connectivity index (χ0) is 10.7. The van der Waals surface area contributed by atoms with Crippen molar-refractivity contribution in [3.8, 4) is 0 Å². The second-order valence-corrected chi connectivity index (χ2v) is 4.82. The molecule has 2 nitrogen and oxygen atoms in total. The van der Waals surface area contributed by atoms with Crippen LogP contribution in [-0.2, 0) is 0 Å². The molecule has 0 spiro atoms. The number of benzene rings is 1. The molecule has 78 valence electrons. The van der Waals surface area contributed by atoms with Crippen LogP contribution in [0.1, 0.15) is 25.5 Å². The highest BCUT2D eigenvalue weighted by molar-refractivity contribution is 9.10. The summed E-state index contributed by atoms with van der Waals surface area (Å²) < 4.78 is 0.901. The molecule has 0 amide bonds. The third-order valence-corrected chi connectivity index (χ3v) is 3.36. The Balaban J connectivity index is 3.00. The first-order chi connectivity index (χ1) is 6.56. The Kier molecular flexibility index (Phi) is 4.38. The lowest BCUT2D eigenvalue weighted by Crippen LogP contribution is -2.31. The second kappa shape index (κ2) is 5.12. The Morgan fingerprint density at radius 3 is 2.50 bits per heavy atom. The minimum atomic E-state index is 0.156. The summed E-state index contributed by atoms with van der Waals surface area (Å²) in [5.41, 5.74) is 3.94. The molecule has 4 heteroatoms. The molecule has 1 unspecified atom stereocenters. The fourth-order valence-electron chi connectivity index (χ4n) is 1.38. The van der Waals surface area contributed by atoms with E-state index in [1.807, 2.05) is 18.2 Å². The van der Waals surface area contributed by atoms with Crippen molar-refractivity contribution in [3.63, 3.8) is 0 Å². The average Bonchev–Trinajstić information content (AvgIpc) is 2.11. The van der Waals surface area contributed by atoms with Crippen LogP contribution in [0.3, 0.4) is 0 Å². The predicted octanol–water partition coefficient (Wildman–Crippen LogP) is 3.26. The maximum Gasteiger partial charge on any atom is 0.0548 e. The van der Waals surface area contributed by atoms with Gasteiger partial charge in [0.05, 0.1) is 5.02 Å². The van der Waals surface area contributed by atoms with Crippen LogP contribution in [0.4, 0.5) is 0 Å². The topological polar surface area (TPSA) is 38.0 Å². The number of nitrogens with one attached hydrogen (secondary N) is 1.